The van der Waals surface area contributed by atoms with Crippen molar-refractivity contribution in [1.82, 2.24) is 14.9 Å². The van der Waals surface area contributed by atoms with Gasteiger partial charge < -0.3 is 19.9 Å². The van der Waals surface area contributed by atoms with Gasteiger partial charge in [-0.3, -0.25) is 10.2 Å². The molecule has 0 spiro atoms. The van der Waals surface area contributed by atoms with E-state index in [9.17, 15) is 23.1 Å². The Morgan fingerprint density at radius 2 is 2.04 bits per heavy atom. The van der Waals surface area contributed by atoms with Crippen molar-refractivity contribution in [3.8, 4) is 22.9 Å². The molecule has 3 N–H and O–H groups in total. The Morgan fingerprint density at radius 3 is 2.77 bits per heavy atom. The summed E-state index contributed by atoms with van der Waals surface area (Å²) in [4.78, 5) is 22.9. The van der Waals surface area contributed by atoms with E-state index in [0.717, 1.165) is 23.8 Å². The van der Waals surface area contributed by atoms with Gasteiger partial charge in [-0.25, -0.2) is 26.7 Å². The van der Waals surface area contributed by atoms with Crippen molar-refractivity contribution in [2.75, 3.05) is 36.9 Å². The maximum atomic E-state index is 16.7. The highest BCUT2D eigenvalue weighted by atomic mass is 127. The second-order valence-electron chi connectivity index (χ2n) is 12.6. The quantitative estimate of drug-likeness (QED) is 0.122. The number of amides is 1. The summed E-state index contributed by atoms with van der Waals surface area (Å²) in [7, 11) is 0. The van der Waals surface area contributed by atoms with Crippen LogP contribution in [0.1, 0.15) is 40.0 Å². The highest BCUT2D eigenvalue weighted by Gasteiger charge is 2.49. The second-order valence-corrected chi connectivity index (χ2v) is 14.8. The average molecular weight is 792 g/mol. The molecule has 2 fully saturated rings. The summed E-state index contributed by atoms with van der Waals surface area (Å²) in [5, 5.41) is 16.6. The lowest BCUT2D eigenvalue weighted by atomic mass is 9.95. The van der Waals surface area contributed by atoms with Crippen molar-refractivity contribution < 1.29 is 41.3 Å². The summed E-state index contributed by atoms with van der Waals surface area (Å²) >= 11 is 2.63. The van der Waals surface area contributed by atoms with Gasteiger partial charge in [0.15, 0.2) is 5.82 Å². The van der Waals surface area contributed by atoms with Crippen LogP contribution >= 0.6 is 33.9 Å². The number of hydrogen-bond acceptors (Lipinski definition) is 9. The van der Waals surface area contributed by atoms with Crippen LogP contribution in [0.3, 0.4) is 0 Å². The fourth-order valence-corrected chi connectivity index (χ4v) is 8.06. The predicted molar refractivity (Wildman–Crippen MR) is 178 cm³/mol. The van der Waals surface area contributed by atoms with Crippen LogP contribution in [-0.2, 0) is 4.74 Å². The van der Waals surface area contributed by atoms with Gasteiger partial charge >= 0.3 is 12.1 Å². The Labute approximate surface area is 284 Å². The maximum absolute atomic E-state index is 16.7. The molecule has 2 saturated heterocycles. The summed E-state index contributed by atoms with van der Waals surface area (Å²) < 4.78 is 83.9. The molecule has 0 saturated carbocycles. The van der Waals surface area contributed by atoms with Crippen LogP contribution in [0.5, 0.6) is 11.8 Å². The number of alkyl halides is 3. The third kappa shape index (κ3) is 6.60. The first-order chi connectivity index (χ1) is 22.2. The molecule has 0 aliphatic carbocycles. The summed E-state index contributed by atoms with van der Waals surface area (Å²) in [6.45, 7) is 5.20. The summed E-state index contributed by atoms with van der Waals surface area (Å²) in [6.07, 6.45) is -2.80. The Hall–Kier alpha value is -3.25. The number of nitrogens with zero attached hydrogens (tertiary/aromatic N) is 3. The van der Waals surface area contributed by atoms with E-state index < -0.39 is 59.3 Å². The molecule has 4 aromatic rings. The fourth-order valence-electron chi connectivity index (χ4n) is 6.29. The Morgan fingerprint density at radius 1 is 1.28 bits per heavy atom. The maximum Gasteiger partial charge on any atom is 0.412 e. The molecule has 47 heavy (non-hydrogen) atoms. The highest BCUT2D eigenvalue weighted by Crippen LogP contribution is 2.47. The summed E-state index contributed by atoms with van der Waals surface area (Å²) in [5.74, 6) is -2.33. The normalized spacial score (nSPS) is 19.9. The molecule has 4 heterocycles. The van der Waals surface area contributed by atoms with Crippen LogP contribution in [0.25, 0.3) is 32.1 Å². The number of ether oxygens (including phenoxy) is 2. The monoisotopic (exact) mass is 791 g/mol. The van der Waals surface area contributed by atoms with Crippen LogP contribution in [0.4, 0.5) is 37.6 Å². The van der Waals surface area contributed by atoms with Gasteiger partial charge in [-0.2, -0.15) is 9.97 Å². The SMILES string of the molecule is CC(C)(C)OC(=O)Nc1cc2c(-c3c(I)c(O)c4c(NCC(F)F)nc(OC[C@@]56CCCN5CC(F)C6)nc4c3F)ccc(F)c2s1. The fraction of sp³-hybridized carbons (Fsp3) is 0.452. The lowest BCUT2D eigenvalue weighted by Crippen LogP contribution is -2.43. The average Bonchev–Trinajstić information content (AvgIpc) is 3.66. The van der Waals surface area contributed by atoms with E-state index in [4.69, 9.17) is 9.47 Å². The Kier molecular flexibility index (Phi) is 9.06. The van der Waals surface area contributed by atoms with Gasteiger partial charge in [0, 0.05) is 23.9 Å². The van der Waals surface area contributed by atoms with E-state index in [1.165, 1.54) is 12.1 Å². The van der Waals surface area contributed by atoms with Gasteiger partial charge in [-0.05, 0) is 80.4 Å². The number of halogens is 6. The number of hydrogen-bond donors (Lipinski definition) is 3. The minimum Gasteiger partial charge on any atom is -0.506 e. The van der Waals surface area contributed by atoms with Gasteiger partial charge in [0.2, 0.25) is 0 Å². The zero-order valence-electron chi connectivity index (χ0n) is 25.5. The standard InChI is InChI=1S/C31H31F5IN5O4S/c1-30(2,3)46-29(44)39-19-9-16-15(5-6-17(33)26(16)47-19)20-22(36)24-21(25(43)23(20)37)27(38-11-18(34)35)41-28(40-24)45-13-31-7-4-8-42(31)12-14(32)10-31/h5-6,9,14,18,43H,4,7-8,10-13H2,1-3H3,(H,39,44)(H,38,40,41)/t14?,31-/m0/s1. The lowest BCUT2D eigenvalue weighted by molar-refractivity contribution is 0.0636. The van der Waals surface area contributed by atoms with Crippen LogP contribution in [0.15, 0.2) is 18.2 Å². The molecule has 2 aromatic carbocycles. The summed E-state index contributed by atoms with van der Waals surface area (Å²) in [6, 6.07) is 3.60. The molecule has 6 rings (SSSR count). The third-order valence-corrected chi connectivity index (χ3v) is 10.3. The molecule has 1 unspecified atom stereocenters. The van der Waals surface area contributed by atoms with Gasteiger partial charge in [-0.1, -0.05) is 6.07 Å². The van der Waals surface area contributed by atoms with E-state index >= 15 is 8.78 Å². The van der Waals surface area contributed by atoms with Crippen molar-refractivity contribution in [2.24, 2.45) is 0 Å². The van der Waals surface area contributed by atoms with Crippen LogP contribution in [0.2, 0.25) is 0 Å². The van der Waals surface area contributed by atoms with Gasteiger partial charge in [0.1, 0.15) is 41.3 Å². The highest BCUT2D eigenvalue weighted by molar-refractivity contribution is 14.1. The number of benzene rings is 2. The topological polar surface area (TPSA) is 109 Å². The van der Waals surface area contributed by atoms with Crippen LogP contribution < -0.4 is 15.4 Å². The second kappa shape index (κ2) is 12.7. The zero-order chi connectivity index (χ0) is 33.8. The summed E-state index contributed by atoms with van der Waals surface area (Å²) in [5.41, 5.74) is -1.75. The van der Waals surface area contributed by atoms with E-state index in [-0.39, 0.29) is 66.6 Å². The molecule has 1 amide bonds. The van der Waals surface area contributed by atoms with Crippen molar-refractivity contribution >= 4 is 71.8 Å². The molecule has 0 bridgehead atoms. The molecule has 16 heteroatoms. The first-order valence-electron chi connectivity index (χ1n) is 14.8. The molecule has 2 aromatic heterocycles. The Bertz CT molecular complexity index is 1870. The van der Waals surface area contributed by atoms with Gasteiger partial charge in [-0.15, -0.1) is 11.3 Å². The Balaban J connectivity index is 1.45. The minimum atomic E-state index is -2.80. The number of fused-ring (bicyclic) bond motifs is 3. The molecule has 2 atom stereocenters. The number of aromatic nitrogens is 2. The number of carbonyl (C=O) groups excluding carboxylic acids is 1. The van der Waals surface area contributed by atoms with E-state index in [2.05, 4.69) is 20.6 Å². The molecule has 0 radical (unpaired) electrons. The number of phenols is 1. The van der Waals surface area contributed by atoms with Crippen molar-refractivity contribution in [1.29, 1.82) is 0 Å². The lowest BCUT2D eigenvalue weighted by Gasteiger charge is -2.30. The zero-order valence-corrected chi connectivity index (χ0v) is 28.5. The minimum absolute atomic E-state index is 0.00104. The number of anilines is 2. The first-order valence-corrected chi connectivity index (χ1v) is 16.7. The number of rotatable bonds is 8. The van der Waals surface area contributed by atoms with Crippen molar-refractivity contribution in [2.45, 2.75) is 63.8 Å². The number of carbonyl (C=O) groups is 1. The molecule has 252 valence electrons. The number of aromatic hydroxyl groups is 1. The van der Waals surface area contributed by atoms with E-state index in [0.29, 0.717) is 13.0 Å². The number of nitrogens with one attached hydrogen (secondary N) is 2. The molecule has 2 aliphatic rings. The predicted octanol–water partition coefficient (Wildman–Crippen LogP) is 8.08. The van der Waals surface area contributed by atoms with E-state index in [1.54, 1.807) is 43.4 Å². The molecule has 2 aliphatic heterocycles. The third-order valence-electron chi connectivity index (χ3n) is 8.16. The molecule has 9 nitrogen and oxygen atoms in total. The smallest absolute Gasteiger partial charge is 0.412 e. The van der Waals surface area contributed by atoms with Crippen LogP contribution in [-0.4, -0.2) is 76.0 Å². The van der Waals surface area contributed by atoms with Gasteiger partial charge in [0.05, 0.1) is 30.7 Å². The molecular weight excluding hydrogens is 760 g/mol. The number of thiophene rings is 1. The van der Waals surface area contributed by atoms with Crippen LogP contribution in [0, 0.1) is 15.2 Å². The largest absolute Gasteiger partial charge is 0.506 e. The van der Waals surface area contributed by atoms with Gasteiger partial charge in [0.25, 0.3) is 6.43 Å². The number of phenolic OH excluding ortho intramolecular Hbond substituents is 1. The first kappa shape index (κ1) is 33.6. The molecular formula is C31H31F5IN5O4S. The van der Waals surface area contributed by atoms with E-state index in [1.807, 2.05) is 4.90 Å². The van der Waals surface area contributed by atoms with Crippen molar-refractivity contribution in [3.05, 3.63) is 33.4 Å². The van der Waals surface area contributed by atoms with Crippen molar-refractivity contribution in [3.63, 3.8) is 0 Å².